The summed E-state index contributed by atoms with van der Waals surface area (Å²) in [5, 5.41) is 10.4. The number of azo groups is 1. The summed E-state index contributed by atoms with van der Waals surface area (Å²) in [7, 11) is 1.67. The van der Waals surface area contributed by atoms with Crippen LogP contribution >= 0.6 is 0 Å². The Labute approximate surface area is 119 Å². The van der Waals surface area contributed by atoms with E-state index in [4.69, 9.17) is 4.84 Å². The number of hydroxylamine groups is 2. The molecule has 3 aliphatic heterocycles. The van der Waals surface area contributed by atoms with Crippen LogP contribution in [0.1, 0.15) is 20.8 Å². The summed E-state index contributed by atoms with van der Waals surface area (Å²) in [4.78, 5) is 9.83. The van der Waals surface area contributed by atoms with Gasteiger partial charge in [0.15, 0.2) is 5.82 Å². The van der Waals surface area contributed by atoms with E-state index in [0.29, 0.717) is 12.6 Å². The molecule has 3 rings (SSSR count). The molecular weight excluding hydrogens is 254 g/mol. The van der Waals surface area contributed by atoms with Crippen LogP contribution in [0, 0.1) is 5.92 Å². The van der Waals surface area contributed by atoms with Crippen molar-refractivity contribution < 1.29 is 4.84 Å². The lowest BCUT2D eigenvalue weighted by Crippen LogP contribution is -2.41. The van der Waals surface area contributed by atoms with Crippen LogP contribution in [0.4, 0.5) is 0 Å². The molecule has 0 atom stereocenters. The highest BCUT2D eigenvalue weighted by molar-refractivity contribution is 5.35. The van der Waals surface area contributed by atoms with E-state index in [2.05, 4.69) is 46.9 Å². The first kappa shape index (κ1) is 13.2. The Kier molecular flexibility index (Phi) is 3.25. The van der Waals surface area contributed by atoms with E-state index in [0.717, 1.165) is 30.4 Å². The first-order valence-electron chi connectivity index (χ1n) is 6.96. The number of hydrogen-bond acceptors (Lipinski definition) is 6. The van der Waals surface area contributed by atoms with Crippen molar-refractivity contribution >= 4 is 0 Å². The SMILES string of the molecule is CON1C=C2N=NC3=C(N(CC(C)C)CC(C)=C3)N2C1. The lowest BCUT2D eigenvalue weighted by Gasteiger charge is -2.39. The minimum absolute atomic E-state index is 0.599. The summed E-state index contributed by atoms with van der Waals surface area (Å²) in [5.41, 5.74) is 2.27. The third-order valence-electron chi connectivity index (χ3n) is 3.50. The van der Waals surface area contributed by atoms with E-state index in [-0.39, 0.29) is 0 Å². The summed E-state index contributed by atoms with van der Waals surface area (Å²) >= 11 is 0. The standard InChI is InChI=1S/C14H21N5O/c1-10(2)6-17-7-11(3)5-12-14(17)19-9-18(20-4)8-13(19)16-15-12/h5,8,10H,6-7,9H2,1-4H3. The number of hydrogen-bond donors (Lipinski definition) is 0. The van der Waals surface area contributed by atoms with Gasteiger partial charge in [-0.15, -0.1) is 10.2 Å². The molecule has 0 saturated heterocycles. The molecule has 0 radical (unpaired) electrons. The second-order valence-electron chi connectivity index (χ2n) is 5.83. The van der Waals surface area contributed by atoms with Crippen molar-refractivity contribution in [3.05, 3.63) is 35.2 Å². The molecule has 0 aromatic carbocycles. The first-order chi connectivity index (χ1) is 9.58. The van der Waals surface area contributed by atoms with Crippen LogP contribution in [0.25, 0.3) is 0 Å². The van der Waals surface area contributed by atoms with Crippen molar-refractivity contribution in [2.24, 2.45) is 16.1 Å². The number of fused-ring (bicyclic) bond motifs is 2. The number of rotatable bonds is 3. The molecule has 3 aliphatic rings. The molecule has 6 heteroatoms. The quantitative estimate of drug-likeness (QED) is 0.793. The molecule has 0 aromatic heterocycles. The van der Waals surface area contributed by atoms with Crippen LogP contribution in [0.2, 0.25) is 0 Å². The number of allylic oxidation sites excluding steroid dienone is 1. The highest BCUT2D eigenvalue weighted by Crippen LogP contribution is 2.35. The van der Waals surface area contributed by atoms with Crippen LogP contribution in [0.15, 0.2) is 45.4 Å². The van der Waals surface area contributed by atoms with Gasteiger partial charge in [-0.25, -0.2) is 5.06 Å². The fourth-order valence-corrected chi connectivity index (χ4v) is 2.78. The Morgan fingerprint density at radius 3 is 2.85 bits per heavy atom. The maximum atomic E-state index is 5.28. The molecule has 0 saturated carbocycles. The zero-order chi connectivity index (χ0) is 14.3. The molecule has 0 spiro atoms. The van der Waals surface area contributed by atoms with Crippen molar-refractivity contribution in [3.8, 4) is 0 Å². The van der Waals surface area contributed by atoms with Gasteiger partial charge in [0.25, 0.3) is 0 Å². The van der Waals surface area contributed by atoms with Gasteiger partial charge in [0, 0.05) is 13.1 Å². The lowest BCUT2D eigenvalue weighted by atomic mass is 10.1. The summed E-state index contributed by atoms with van der Waals surface area (Å²) < 4.78 is 0. The van der Waals surface area contributed by atoms with Crippen LogP contribution in [0.3, 0.4) is 0 Å². The molecule has 0 unspecified atom stereocenters. The lowest BCUT2D eigenvalue weighted by molar-refractivity contribution is -0.0974. The van der Waals surface area contributed by atoms with Gasteiger partial charge in [-0.2, -0.15) is 0 Å². The van der Waals surface area contributed by atoms with Gasteiger partial charge in [-0.1, -0.05) is 19.4 Å². The molecule has 0 aliphatic carbocycles. The monoisotopic (exact) mass is 275 g/mol. The van der Waals surface area contributed by atoms with E-state index in [1.165, 1.54) is 5.57 Å². The molecule has 0 N–H and O–H groups in total. The smallest absolute Gasteiger partial charge is 0.177 e. The van der Waals surface area contributed by atoms with Gasteiger partial charge in [0.1, 0.15) is 18.2 Å². The van der Waals surface area contributed by atoms with E-state index in [9.17, 15) is 0 Å². The maximum Gasteiger partial charge on any atom is 0.177 e. The zero-order valence-electron chi connectivity index (χ0n) is 12.5. The summed E-state index contributed by atoms with van der Waals surface area (Å²) in [5.74, 6) is 2.58. The Hall–Kier alpha value is -1.82. The fourth-order valence-electron chi connectivity index (χ4n) is 2.78. The van der Waals surface area contributed by atoms with Crippen LogP contribution in [0.5, 0.6) is 0 Å². The third kappa shape index (κ3) is 2.20. The Morgan fingerprint density at radius 2 is 2.15 bits per heavy atom. The van der Waals surface area contributed by atoms with Gasteiger partial charge in [-0.3, -0.25) is 9.74 Å². The zero-order valence-corrected chi connectivity index (χ0v) is 12.5. The van der Waals surface area contributed by atoms with Gasteiger partial charge < -0.3 is 4.90 Å². The highest BCUT2D eigenvalue weighted by Gasteiger charge is 2.34. The average Bonchev–Trinajstić information content (AvgIpc) is 2.80. The topological polar surface area (TPSA) is 43.7 Å². The summed E-state index contributed by atoms with van der Waals surface area (Å²) in [6, 6.07) is 0. The molecule has 0 aromatic rings. The largest absolute Gasteiger partial charge is 0.352 e. The fraction of sp³-hybridized carbons (Fsp3) is 0.571. The normalized spacial score (nSPS) is 21.4. The predicted octanol–water partition coefficient (Wildman–Crippen LogP) is 2.47. The van der Waals surface area contributed by atoms with E-state index >= 15 is 0 Å². The van der Waals surface area contributed by atoms with Gasteiger partial charge in [-0.05, 0) is 18.9 Å². The van der Waals surface area contributed by atoms with Crippen LogP contribution in [-0.2, 0) is 4.84 Å². The highest BCUT2D eigenvalue weighted by atomic mass is 16.7. The maximum absolute atomic E-state index is 5.28. The number of nitrogens with zero attached hydrogens (tertiary/aromatic N) is 5. The van der Waals surface area contributed by atoms with Crippen molar-refractivity contribution in [1.29, 1.82) is 0 Å². The molecule has 3 heterocycles. The molecular formula is C14H21N5O. The molecule has 0 amide bonds. The van der Waals surface area contributed by atoms with Gasteiger partial charge in [0.2, 0.25) is 0 Å². The van der Waals surface area contributed by atoms with Gasteiger partial charge >= 0.3 is 0 Å². The first-order valence-corrected chi connectivity index (χ1v) is 6.96. The van der Waals surface area contributed by atoms with E-state index < -0.39 is 0 Å². The van der Waals surface area contributed by atoms with Crippen LogP contribution in [-0.4, -0.2) is 41.7 Å². The second kappa shape index (κ2) is 4.94. The van der Waals surface area contributed by atoms with Crippen molar-refractivity contribution in [1.82, 2.24) is 14.9 Å². The van der Waals surface area contributed by atoms with Crippen molar-refractivity contribution in [2.45, 2.75) is 20.8 Å². The Balaban J connectivity index is 1.96. The molecule has 0 fully saturated rings. The van der Waals surface area contributed by atoms with E-state index in [1.54, 1.807) is 12.2 Å². The Morgan fingerprint density at radius 1 is 1.35 bits per heavy atom. The third-order valence-corrected chi connectivity index (χ3v) is 3.50. The van der Waals surface area contributed by atoms with Crippen molar-refractivity contribution in [2.75, 3.05) is 26.9 Å². The molecule has 6 nitrogen and oxygen atoms in total. The molecule has 108 valence electrons. The predicted molar refractivity (Wildman–Crippen MR) is 75.7 cm³/mol. The second-order valence-corrected chi connectivity index (χ2v) is 5.83. The Bertz CT molecular complexity index is 532. The minimum atomic E-state index is 0.599. The van der Waals surface area contributed by atoms with E-state index in [1.807, 2.05) is 6.20 Å². The molecule has 20 heavy (non-hydrogen) atoms. The summed E-state index contributed by atoms with van der Waals surface area (Å²) in [6.45, 7) is 9.23. The minimum Gasteiger partial charge on any atom is -0.352 e. The van der Waals surface area contributed by atoms with Crippen LogP contribution < -0.4 is 0 Å². The van der Waals surface area contributed by atoms with Gasteiger partial charge in [0.05, 0.1) is 13.3 Å². The summed E-state index contributed by atoms with van der Waals surface area (Å²) in [6.07, 6.45) is 4.01. The van der Waals surface area contributed by atoms with Crippen molar-refractivity contribution in [3.63, 3.8) is 0 Å². The molecule has 0 bridgehead atoms. The average molecular weight is 275 g/mol.